The molecule has 0 heterocycles. The van der Waals surface area contributed by atoms with Gasteiger partial charge in [0.2, 0.25) is 0 Å². The molecule has 0 amide bonds. The minimum atomic E-state index is 0. The number of halogens is 2. The Labute approximate surface area is 298 Å². The fraction of sp³-hybridized carbons (Fsp3) is 0.600. The van der Waals surface area contributed by atoms with E-state index in [0.717, 1.165) is 12.8 Å². The SMILES string of the molecule is CC(C)(C)c1c[c-]c2c(c1)-c1cc(C(C)(C)C)ccc1C2.[C-]1=CC=CC1.[Cl-].[Cl-].[Zr+2]=[Si](C1CCCCCC1)C1CCCCCC1. The van der Waals surface area contributed by atoms with Crippen molar-refractivity contribution in [1.29, 1.82) is 0 Å². The molecule has 0 N–H and O–H groups in total. The summed E-state index contributed by atoms with van der Waals surface area (Å²) in [7, 11) is 0. The third-order valence-corrected chi connectivity index (χ3v) is 18.6. The predicted molar refractivity (Wildman–Crippen MR) is 181 cm³/mol. The van der Waals surface area contributed by atoms with Crippen molar-refractivity contribution in [3.05, 3.63) is 83.0 Å². The fourth-order valence-electron chi connectivity index (χ4n) is 6.84. The van der Waals surface area contributed by atoms with Crippen LogP contribution in [0.3, 0.4) is 0 Å². The Kier molecular flexibility index (Phi) is 17.0. The van der Waals surface area contributed by atoms with Crippen LogP contribution in [0.2, 0.25) is 11.1 Å². The molecule has 0 aromatic heterocycles. The first-order chi connectivity index (χ1) is 20.0. The number of rotatable bonds is 2. The Balaban J connectivity index is 0.000000260. The van der Waals surface area contributed by atoms with Gasteiger partial charge in [-0.1, -0.05) is 76.3 Å². The van der Waals surface area contributed by atoms with Crippen molar-refractivity contribution in [2.75, 3.05) is 0 Å². The van der Waals surface area contributed by atoms with Gasteiger partial charge in [-0.05, 0) is 17.4 Å². The molecule has 2 aromatic carbocycles. The monoisotopic (exact) mass is 724 g/mol. The third kappa shape index (κ3) is 11.7. The summed E-state index contributed by atoms with van der Waals surface area (Å²) in [5, 5.41) is 0. The second-order valence-corrected chi connectivity index (χ2v) is 22.0. The molecule has 44 heavy (non-hydrogen) atoms. The molecule has 4 aliphatic rings. The summed E-state index contributed by atoms with van der Waals surface area (Å²) in [6, 6.07) is 15.1. The van der Waals surface area contributed by atoms with Crippen LogP contribution in [0, 0.1) is 12.1 Å². The molecule has 2 aromatic rings. The van der Waals surface area contributed by atoms with E-state index in [9.17, 15) is 0 Å². The molecule has 0 saturated heterocycles. The zero-order chi connectivity index (χ0) is 30.2. The molecule has 0 aliphatic heterocycles. The van der Waals surface area contributed by atoms with E-state index in [1.54, 1.807) is 51.4 Å². The van der Waals surface area contributed by atoms with E-state index in [4.69, 9.17) is 0 Å². The molecule has 4 aliphatic carbocycles. The first-order valence-electron chi connectivity index (χ1n) is 17.0. The van der Waals surface area contributed by atoms with Gasteiger partial charge in [-0.2, -0.15) is 35.4 Å². The molecular weight excluding hydrogens is 671 g/mol. The van der Waals surface area contributed by atoms with Crippen LogP contribution < -0.4 is 24.8 Å². The molecule has 6 rings (SSSR count). The molecular formula is C40H56Cl2SiZr-2. The molecule has 0 atom stereocenters. The van der Waals surface area contributed by atoms with Gasteiger partial charge in [0.15, 0.2) is 0 Å². The molecule has 0 nitrogen and oxygen atoms in total. The van der Waals surface area contributed by atoms with Gasteiger partial charge < -0.3 is 24.8 Å². The summed E-state index contributed by atoms with van der Waals surface area (Å²) in [4.78, 5) is 0. The number of hydrogen-bond acceptors (Lipinski definition) is 0. The van der Waals surface area contributed by atoms with Gasteiger partial charge in [0.25, 0.3) is 0 Å². The average Bonchev–Trinajstić information content (AvgIpc) is 3.47. The standard InChI is InChI=1S/C21H25.C14H26Si.C5H5.2ClH.Zr/c1-20(2,3)16-9-7-14-11-15-8-10-17(21(4,5)6)13-19(15)18(14)12-16;1-2-6-10-13(9-5-1)15-14-11-7-3-4-8-12-14;1-2-4-5-3-1;;;/h7,9-10,12-13H,11H2,1-6H3;13-14H,1-12H2;1-3H,4H2;2*1H;/q-1;;-1;;;+2/p-2. The molecule has 2 fully saturated rings. The second-order valence-electron chi connectivity index (χ2n) is 15.2. The van der Waals surface area contributed by atoms with Crippen LogP contribution in [0.4, 0.5) is 0 Å². The second kappa shape index (κ2) is 18.8. The van der Waals surface area contributed by atoms with Gasteiger partial charge in [0.1, 0.15) is 0 Å². The van der Waals surface area contributed by atoms with Crippen molar-refractivity contribution < 1.29 is 48.1 Å². The van der Waals surface area contributed by atoms with E-state index < -0.39 is 0 Å². The molecule has 2 saturated carbocycles. The van der Waals surface area contributed by atoms with Crippen molar-refractivity contribution in [3.63, 3.8) is 0 Å². The Hall–Kier alpha value is -0.400. The number of hydrogen-bond donors (Lipinski definition) is 0. The molecule has 0 radical (unpaired) electrons. The minimum absolute atomic E-state index is 0. The molecule has 4 heteroatoms. The maximum atomic E-state index is 3.53. The van der Waals surface area contributed by atoms with E-state index >= 15 is 0 Å². The topological polar surface area (TPSA) is 0 Å². The summed E-state index contributed by atoms with van der Waals surface area (Å²) in [5.74, 6) is 0. The zero-order valence-corrected chi connectivity index (χ0v) is 33.4. The van der Waals surface area contributed by atoms with Crippen molar-refractivity contribution in [1.82, 2.24) is 0 Å². The van der Waals surface area contributed by atoms with E-state index in [2.05, 4.69) is 90.1 Å². The van der Waals surface area contributed by atoms with Crippen LogP contribution in [0.1, 0.15) is 147 Å². The normalized spacial score (nSPS) is 18.2. The molecule has 0 unspecified atom stereocenters. The van der Waals surface area contributed by atoms with Crippen LogP contribution in [-0.2, 0) is 40.6 Å². The number of benzene rings is 2. The molecule has 0 spiro atoms. The van der Waals surface area contributed by atoms with Gasteiger partial charge in [0, 0.05) is 0 Å². The third-order valence-electron chi connectivity index (χ3n) is 9.70. The Morgan fingerprint density at radius 1 is 0.705 bits per heavy atom. The molecule has 0 bridgehead atoms. The number of allylic oxidation sites excluding steroid dienone is 4. The van der Waals surface area contributed by atoms with Gasteiger partial charge in [-0.3, -0.25) is 6.08 Å². The van der Waals surface area contributed by atoms with E-state index in [0.29, 0.717) is 0 Å². The Bertz CT molecular complexity index is 1140. The summed E-state index contributed by atoms with van der Waals surface area (Å²) in [5.41, 5.74) is 11.2. The van der Waals surface area contributed by atoms with Gasteiger partial charge in [-0.15, -0.1) is 12.0 Å². The van der Waals surface area contributed by atoms with Crippen LogP contribution >= 0.6 is 0 Å². The quantitative estimate of drug-likeness (QED) is 0.174. The van der Waals surface area contributed by atoms with Crippen molar-refractivity contribution in [3.8, 4) is 11.1 Å². The van der Waals surface area contributed by atoms with Gasteiger partial charge >= 0.3 is 117 Å². The zero-order valence-electron chi connectivity index (χ0n) is 28.4. The van der Waals surface area contributed by atoms with Gasteiger partial charge in [-0.25, -0.2) is 12.2 Å². The summed E-state index contributed by atoms with van der Waals surface area (Å²) >= 11 is 1.96. The van der Waals surface area contributed by atoms with E-state index in [1.807, 2.05) is 35.5 Å². The number of fused-ring (bicyclic) bond motifs is 3. The first-order valence-corrected chi connectivity index (χ1v) is 22.4. The van der Waals surface area contributed by atoms with Crippen molar-refractivity contribution in [2.45, 2.75) is 153 Å². The van der Waals surface area contributed by atoms with Crippen LogP contribution in [0.15, 0.2) is 48.6 Å². The first kappa shape index (κ1) is 39.8. The fourth-order valence-corrected chi connectivity index (χ4v) is 13.8. The van der Waals surface area contributed by atoms with Crippen molar-refractivity contribution >= 4 is 5.43 Å². The van der Waals surface area contributed by atoms with Crippen molar-refractivity contribution in [2.24, 2.45) is 0 Å². The average molecular weight is 727 g/mol. The predicted octanol–water partition coefficient (Wildman–Crippen LogP) is 5.94. The van der Waals surface area contributed by atoms with Crippen LogP contribution in [0.25, 0.3) is 11.1 Å². The Morgan fingerprint density at radius 2 is 1.23 bits per heavy atom. The summed E-state index contributed by atoms with van der Waals surface area (Å²) in [6.45, 7) is 13.6. The van der Waals surface area contributed by atoms with Crippen LogP contribution in [-0.4, -0.2) is 5.43 Å². The summed E-state index contributed by atoms with van der Waals surface area (Å²) < 4.78 is 0. The molecule has 240 valence electrons. The van der Waals surface area contributed by atoms with E-state index in [1.165, 1.54) is 70.1 Å². The van der Waals surface area contributed by atoms with Crippen LogP contribution in [0.5, 0.6) is 0 Å². The van der Waals surface area contributed by atoms with Gasteiger partial charge in [0.05, 0.1) is 0 Å². The Morgan fingerprint density at radius 3 is 1.66 bits per heavy atom. The summed E-state index contributed by atoms with van der Waals surface area (Å²) in [6.07, 6.45) is 29.8. The van der Waals surface area contributed by atoms with E-state index in [-0.39, 0.29) is 41.1 Å². The maximum absolute atomic E-state index is 3.53.